The van der Waals surface area contributed by atoms with Crippen LogP contribution in [0.2, 0.25) is 0 Å². The smallest absolute Gasteiger partial charge is 0.180 e. The largest absolute Gasteiger partial charge is 0.496 e. The van der Waals surface area contributed by atoms with Crippen molar-refractivity contribution in [2.75, 3.05) is 13.7 Å². The van der Waals surface area contributed by atoms with E-state index in [2.05, 4.69) is 0 Å². The minimum absolute atomic E-state index is 0.0369. The molecule has 0 radical (unpaired) electrons. The van der Waals surface area contributed by atoms with Gasteiger partial charge in [-0.2, -0.15) is 0 Å². The fraction of sp³-hybridized carbons (Fsp3) is 0.417. The number of rotatable bonds is 3. The molecule has 2 rings (SSSR count). The van der Waals surface area contributed by atoms with E-state index < -0.39 is 0 Å². The molecule has 80 valence electrons. The van der Waals surface area contributed by atoms with Gasteiger partial charge in [0.2, 0.25) is 0 Å². The van der Waals surface area contributed by atoms with Crippen molar-refractivity contribution in [3.8, 4) is 5.75 Å². The molecule has 1 aliphatic carbocycles. The van der Waals surface area contributed by atoms with Gasteiger partial charge in [-0.15, -0.1) is 0 Å². The Balaban J connectivity index is 2.48. The van der Waals surface area contributed by atoms with E-state index in [1.807, 2.05) is 12.1 Å². The zero-order valence-electron chi connectivity index (χ0n) is 8.88. The predicted molar refractivity (Wildman–Crippen MR) is 58.4 cm³/mol. The fourth-order valence-electron chi connectivity index (χ4n) is 2.10. The van der Waals surface area contributed by atoms with Gasteiger partial charge in [0.05, 0.1) is 19.2 Å². The van der Waals surface area contributed by atoms with E-state index in [0.29, 0.717) is 11.3 Å². The molecule has 3 nitrogen and oxygen atoms in total. The highest BCUT2D eigenvalue weighted by Gasteiger charge is 2.18. The second kappa shape index (κ2) is 4.03. The molecule has 3 heteroatoms. The number of Topliss-reactive ketones (excluding diaryl/α,β-unsaturated/α-hetero) is 1. The van der Waals surface area contributed by atoms with Gasteiger partial charge in [0.1, 0.15) is 5.75 Å². The van der Waals surface area contributed by atoms with Gasteiger partial charge in [-0.1, -0.05) is 0 Å². The summed E-state index contributed by atoms with van der Waals surface area (Å²) in [6, 6.07) is 3.92. The third-order valence-electron chi connectivity index (χ3n) is 2.90. The molecular weight excluding hydrogens is 190 g/mol. The lowest BCUT2D eigenvalue weighted by Gasteiger charge is -2.09. The van der Waals surface area contributed by atoms with Crippen LogP contribution in [0.4, 0.5) is 0 Å². The van der Waals surface area contributed by atoms with Crippen LogP contribution in [-0.2, 0) is 12.8 Å². The Morgan fingerprint density at radius 2 is 2.07 bits per heavy atom. The highest BCUT2D eigenvalue weighted by molar-refractivity contribution is 6.00. The highest BCUT2D eigenvalue weighted by Crippen LogP contribution is 2.29. The number of hydrogen-bond donors (Lipinski definition) is 1. The molecule has 0 heterocycles. The first-order valence-electron chi connectivity index (χ1n) is 5.19. The molecule has 15 heavy (non-hydrogen) atoms. The molecular formula is C12H15NO2. The van der Waals surface area contributed by atoms with Crippen LogP contribution in [0.15, 0.2) is 12.1 Å². The maximum Gasteiger partial charge on any atom is 0.180 e. The zero-order valence-corrected chi connectivity index (χ0v) is 8.88. The first-order valence-corrected chi connectivity index (χ1v) is 5.19. The van der Waals surface area contributed by atoms with Crippen LogP contribution in [0.3, 0.4) is 0 Å². The molecule has 0 saturated carbocycles. The van der Waals surface area contributed by atoms with Crippen molar-refractivity contribution in [3.63, 3.8) is 0 Å². The SMILES string of the molecule is COc1cc2c(cc1C(=O)CN)CCC2. The zero-order chi connectivity index (χ0) is 10.8. The van der Waals surface area contributed by atoms with Gasteiger partial charge >= 0.3 is 0 Å². The Morgan fingerprint density at radius 1 is 1.40 bits per heavy atom. The number of methoxy groups -OCH3 is 1. The van der Waals surface area contributed by atoms with E-state index in [1.165, 1.54) is 17.5 Å². The Hall–Kier alpha value is -1.35. The van der Waals surface area contributed by atoms with Gasteiger partial charge in [-0.05, 0) is 42.5 Å². The van der Waals surface area contributed by atoms with Crippen molar-refractivity contribution < 1.29 is 9.53 Å². The van der Waals surface area contributed by atoms with Gasteiger partial charge in [0, 0.05) is 0 Å². The van der Waals surface area contributed by atoms with E-state index >= 15 is 0 Å². The number of benzene rings is 1. The van der Waals surface area contributed by atoms with E-state index in [9.17, 15) is 4.79 Å². The normalized spacial score (nSPS) is 13.7. The first kappa shape index (κ1) is 10.2. The van der Waals surface area contributed by atoms with Crippen molar-refractivity contribution in [2.24, 2.45) is 5.73 Å². The topological polar surface area (TPSA) is 52.3 Å². The van der Waals surface area contributed by atoms with Gasteiger partial charge in [-0.3, -0.25) is 4.79 Å². The Kier molecular flexibility index (Phi) is 2.73. The lowest BCUT2D eigenvalue weighted by atomic mass is 10.0. The molecule has 0 aromatic heterocycles. The van der Waals surface area contributed by atoms with Crippen LogP contribution in [-0.4, -0.2) is 19.4 Å². The minimum atomic E-state index is -0.0541. The number of ether oxygens (including phenoxy) is 1. The first-order chi connectivity index (χ1) is 7.26. The van der Waals surface area contributed by atoms with Gasteiger partial charge in [0.25, 0.3) is 0 Å². The van der Waals surface area contributed by atoms with Crippen molar-refractivity contribution in [2.45, 2.75) is 19.3 Å². The maximum absolute atomic E-state index is 11.6. The summed E-state index contributed by atoms with van der Waals surface area (Å²) in [6.07, 6.45) is 3.31. The highest BCUT2D eigenvalue weighted by atomic mass is 16.5. The molecule has 1 aliphatic rings. The molecule has 0 amide bonds. The van der Waals surface area contributed by atoms with E-state index in [0.717, 1.165) is 12.8 Å². The molecule has 0 bridgehead atoms. The van der Waals surface area contributed by atoms with Crippen LogP contribution in [0.5, 0.6) is 5.75 Å². The molecule has 0 atom stereocenters. The van der Waals surface area contributed by atoms with Crippen molar-refractivity contribution in [1.29, 1.82) is 0 Å². The summed E-state index contributed by atoms with van der Waals surface area (Å²) < 4.78 is 5.22. The van der Waals surface area contributed by atoms with E-state index in [-0.39, 0.29) is 12.3 Å². The molecule has 0 fully saturated rings. The van der Waals surface area contributed by atoms with Crippen LogP contribution < -0.4 is 10.5 Å². The van der Waals surface area contributed by atoms with Crippen LogP contribution in [0.25, 0.3) is 0 Å². The molecule has 0 saturated heterocycles. The summed E-state index contributed by atoms with van der Waals surface area (Å²) >= 11 is 0. The molecule has 1 aromatic rings. The molecule has 0 spiro atoms. The average Bonchev–Trinajstić information content (AvgIpc) is 2.73. The lowest BCUT2D eigenvalue weighted by molar-refractivity contribution is 0.0998. The van der Waals surface area contributed by atoms with Crippen LogP contribution in [0.1, 0.15) is 27.9 Å². The molecule has 1 aromatic carbocycles. The molecule has 2 N–H and O–H groups in total. The second-order valence-corrected chi connectivity index (χ2v) is 3.80. The minimum Gasteiger partial charge on any atom is -0.496 e. The number of fused-ring (bicyclic) bond motifs is 1. The number of carbonyl (C=O) groups is 1. The van der Waals surface area contributed by atoms with Crippen molar-refractivity contribution >= 4 is 5.78 Å². The fourth-order valence-corrected chi connectivity index (χ4v) is 2.10. The van der Waals surface area contributed by atoms with Gasteiger partial charge in [-0.25, -0.2) is 0 Å². The van der Waals surface area contributed by atoms with E-state index in [4.69, 9.17) is 10.5 Å². The summed E-state index contributed by atoms with van der Waals surface area (Å²) in [4.78, 5) is 11.6. The number of aryl methyl sites for hydroxylation is 2. The monoisotopic (exact) mass is 205 g/mol. The second-order valence-electron chi connectivity index (χ2n) is 3.80. The molecule has 0 unspecified atom stereocenters. The van der Waals surface area contributed by atoms with Gasteiger partial charge < -0.3 is 10.5 Å². The van der Waals surface area contributed by atoms with Gasteiger partial charge in [0.15, 0.2) is 5.78 Å². The Morgan fingerprint density at radius 3 is 2.67 bits per heavy atom. The lowest BCUT2D eigenvalue weighted by Crippen LogP contribution is -2.15. The van der Waals surface area contributed by atoms with Crippen molar-refractivity contribution in [1.82, 2.24) is 0 Å². The molecule has 0 aliphatic heterocycles. The Bertz CT molecular complexity index is 399. The van der Waals surface area contributed by atoms with E-state index in [1.54, 1.807) is 7.11 Å². The predicted octanol–water partition coefficient (Wildman–Crippen LogP) is 1.33. The number of nitrogens with two attached hydrogens (primary N) is 1. The maximum atomic E-state index is 11.6. The number of ketones is 1. The standard InChI is InChI=1S/C12H15NO2/c1-15-12-6-9-4-2-3-8(9)5-10(12)11(14)7-13/h5-6H,2-4,7,13H2,1H3. The third-order valence-corrected chi connectivity index (χ3v) is 2.90. The average molecular weight is 205 g/mol. The number of carbonyl (C=O) groups excluding carboxylic acids is 1. The third kappa shape index (κ3) is 1.75. The van der Waals surface area contributed by atoms with Crippen LogP contribution in [0, 0.1) is 0 Å². The summed E-state index contributed by atoms with van der Waals surface area (Å²) in [6.45, 7) is 0.0369. The summed E-state index contributed by atoms with van der Waals surface area (Å²) in [5, 5.41) is 0. The number of hydrogen-bond acceptors (Lipinski definition) is 3. The summed E-state index contributed by atoms with van der Waals surface area (Å²) in [5.74, 6) is 0.604. The summed E-state index contributed by atoms with van der Waals surface area (Å²) in [5.41, 5.74) is 8.57. The quantitative estimate of drug-likeness (QED) is 0.757. The van der Waals surface area contributed by atoms with Crippen LogP contribution >= 0.6 is 0 Å². The summed E-state index contributed by atoms with van der Waals surface area (Å²) in [7, 11) is 1.59. The van der Waals surface area contributed by atoms with Crippen molar-refractivity contribution in [3.05, 3.63) is 28.8 Å². The Labute approximate surface area is 89.2 Å².